The second kappa shape index (κ2) is 9.74. The number of halogens is 1. The van der Waals surface area contributed by atoms with Gasteiger partial charge in [-0.15, -0.1) is 0 Å². The van der Waals surface area contributed by atoms with E-state index >= 15 is 0 Å². The molecule has 0 radical (unpaired) electrons. The van der Waals surface area contributed by atoms with Gasteiger partial charge in [0.25, 0.3) is 5.91 Å². The zero-order valence-corrected chi connectivity index (χ0v) is 18.7. The topological polar surface area (TPSA) is 115 Å². The van der Waals surface area contributed by atoms with E-state index in [2.05, 4.69) is 29.9 Å². The molecule has 1 amide bonds. The number of Topliss-reactive ketones (excluding diaryl/α,β-unsaturated/α-hetero) is 1. The van der Waals surface area contributed by atoms with Gasteiger partial charge in [-0.2, -0.15) is 0 Å². The van der Waals surface area contributed by atoms with Crippen molar-refractivity contribution in [2.45, 2.75) is 26.3 Å². The molecule has 5 rings (SSSR count). The minimum Gasteiger partial charge on any atom is -0.299 e. The molecule has 0 bridgehead atoms. The van der Waals surface area contributed by atoms with Gasteiger partial charge in [0.05, 0.1) is 11.7 Å². The van der Waals surface area contributed by atoms with Crippen molar-refractivity contribution < 1.29 is 9.59 Å². The Morgan fingerprint density at radius 3 is 2.30 bits per heavy atom. The van der Waals surface area contributed by atoms with E-state index in [1.54, 1.807) is 36.9 Å². The van der Waals surface area contributed by atoms with Gasteiger partial charge >= 0.3 is 0 Å². The lowest BCUT2D eigenvalue weighted by Gasteiger charge is -2.24. The first-order chi connectivity index (χ1) is 16.0. The molecule has 0 saturated heterocycles. The fraction of sp³-hybridized carbons (Fsp3) is 0.217. The Kier molecular flexibility index (Phi) is 6.60. The van der Waals surface area contributed by atoms with Gasteiger partial charge in [-0.1, -0.05) is 25.4 Å². The lowest BCUT2D eigenvalue weighted by molar-refractivity contribution is -0.122. The summed E-state index contributed by atoms with van der Waals surface area (Å²) in [4.78, 5) is 51.5. The summed E-state index contributed by atoms with van der Waals surface area (Å²) in [6, 6.07) is 6.50. The molecule has 10 heteroatoms. The molecule has 0 aliphatic carbocycles. The normalized spacial score (nSPS) is 14.7. The minimum absolute atomic E-state index is 0.0401. The Hall–Kier alpha value is -3.85. The van der Waals surface area contributed by atoms with Crippen LogP contribution >= 0.6 is 11.6 Å². The highest BCUT2D eigenvalue weighted by atomic mass is 35.5. The van der Waals surface area contributed by atoms with E-state index in [1.807, 2.05) is 26.0 Å². The lowest BCUT2D eigenvalue weighted by atomic mass is 10.00. The number of carbonyl (C=O) groups excluding carboxylic acids is 2. The number of anilines is 1. The number of carbonyl (C=O) groups is 2. The van der Waals surface area contributed by atoms with Crippen molar-refractivity contribution in [1.29, 1.82) is 0 Å². The van der Waals surface area contributed by atoms with Gasteiger partial charge in [-0.25, -0.2) is 15.0 Å². The summed E-state index contributed by atoms with van der Waals surface area (Å²) in [6.45, 7) is 3.67. The molecule has 0 aromatic carbocycles. The largest absolute Gasteiger partial charge is 0.299 e. The van der Waals surface area contributed by atoms with Crippen LogP contribution in [-0.4, -0.2) is 41.6 Å². The van der Waals surface area contributed by atoms with Crippen molar-refractivity contribution in [1.82, 2.24) is 29.9 Å². The first-order valence-electron chi connectivity index (χ1n) is 10.3. The van der Waals surface area contributed by atoms with E-state index in [0.29, 0.717) is 22.3 Å². The highest BCUT2D eigenvalue weighted by Gasteiger charge is 2.42. The van der Waals surface area contributed by atoms with Crippen LogP contribution in [0.15, 0.2) is 61.4 Å². The number of aromatic nitrogens is 6. The molecule has 4 aromatic heterocycles. The Bertz CT molecular complexity index is 1270. The maximum absolute atomic E-state index is 13.0. The van der Waals surface area contributed by atoms with Gasteiger partial charge in [0.1, 0.15) is 16.8 Å². The predicted molar refractivity (Wildman–Crippen MR) is 123 cm³/mol. The predicted octanol–water partition coefficient (Wildman–Crippen LogP) is 3.87. The Morgan fingerprint density at radius 1 is 0.970 bits per heavy atom. The van der Waals surface area contributed by atoms with Crippen LogP contribution in [0.2, 0.25) is 5.15 Å². The van der Waals surface area contributed by atoms with Gasteiger partial charge in [-0.3, -0.25) is 29.4 Å². The van der Waals surface area contributed by atoms with Crippen LogP contribution in [0.1, 0.15) is 42.5 Å². The van der Waals surface area contributed by atoms with Crippen LogP contribution in [-0.2, 0) is 4.79 Å². The van der Waals surface area contributed by atoms with Gasteiger partial charge in [-0.05, 0) is 24.3 Å². The molecule has 1 unspecified atom stereocenters. The number of ketones is 1. The first-order valence-corrected chi connectivity index (χ1v) is 10.6. The summed E-state index contributed by atoms with van der Waals surface area (Å²) in [5.41, 5.74) is 1.18. The molecule has 9 nitrogen and oxygen atoms in total. The van der Waals surface area contributed by atoms with Gasteiger partial charge in [0.15, 0.2) is 11.3 Å². The van der Waals surface area contributed by atoms with Gasteiger partial charge < -0.3 is 0 Å². The molecular weight excluding hydrogens is 442 g/mol. The summed E-state index contributed by atoms with van der Waals surface area (Å²) >= 11 is 5.97. The minimum atomic E-state index is -0.541. The van der Waals surface area contributed by atoms with Crippen molar-refractivity contribution >= 4 is 40.1 Å². The average molecular weight is 462 g/mol. The van der Waals surface area contributed by atoms with Crippen LogP contribution in [0, 0.1) is 5.92 Å². The summed E-state index contributed by atoms with van der Waals surface area (Å²) in [5, 5.41) is 1.12. The molecule has 33 heavy (non-hydrogen) atoms. The SMILES string of the molecule is CC(C)C(=O)CC1c2nccnc2C(=O)N1c1ccc2ccc(Cl)nc2n1.c1cnccn1. The second-order valence-corrected chi connectivity index (χ2v) is 7.94. The zero-order chi connectivity index (χ0) is 23.4. The Morgan fingerprint density at radius 2 is 1.64 bits per heavy atom. The third-order valence-electron chi connectivity index (χ3n) is 5.04. The average Bonchev–Trinajstić information content (AvgIpc) is 3.11. The molecule has 1 aliphatic heterocycles. The van der Waals surface area contributed by atoms with Crippen molar-refractivity contribution in [2.24, 2.45) is 5.92 Å². The van der Waals surface area contributed by atoms with E-state index in [9.17, 15) is 9.59 Å². The summed E-state index contributed by atoms with van der Waals surface area (Å²) in [6.07, 6.45) is 9.70. The quantitative estimate of drug-likeness (QED) is 0.420. The number of pyridine rings is 2. The van der Waals surface area contributed by atoms with Crippen molar-refractivity contribution in [3.05, 3.63) is 78.0 Å². The van der Waals surface area contributed by atoms with Crippen LogP contribution in [0.4, 0.5) is 5.82 Å². The molecular formula is C23H20ClN7O2. The smallest absolute Gasteiger partial charge is 0.280 e. The van der Waals surface area contributed by atoms with Crippen molar-refractivity contribution in [3.63, 3.8) is 0 Å². The second-order valence-electron chi connectivity index (χ2n) is 7.55. The maximum atomic E-state index is 13.0. The van der Waals surface area contributed by atoms with Crippen LogP contribution in [0.5, 0.6) is 0 Å². The molecule has 0 saturated carbocycles. The standard InChI is InChI=1S/C19H16ClN5O2.C4H4N2/c1-10(2)13(26)9-12-16-17(22-8-7-21-16)19(27)25(12)15-6-4-11-3-5-14(20)23-18(11)24-15;1-2-6-4-3-5-1/h3-8,10,12H,9H2,1-2H3;1-4H. The third-order valence-corrected chi connectivity index (χ3v) is 5.25. The monoisotopic (exact) mass is 461 g/mol. The van der Waals surface area contributed by atoms with Crippen molar-refractivity contribution in [3.8, 4) is 0 Å². The van der Waals surface area contributed by atoms with Gasteiger partial charge in [0, 0.05) is 54.9 Å². The van der Waals surface area contributed by atoms with Crippen molar-refractivity contribution in [2.75, 3.05) is 4.90 Å². The fourth-order valence-electron chi connectivity index (χ4n) is 3.37. The number of amides is 1. The first kappa shape index (κ1) is 22.3. The third kappa shape index (κ3) is 4.83. The maximum Gasteiger partial charge on any atom is 0.280 e. The Balaban J connectivity index is 0.000000376. The zero-order valence-electron chi connectivity index (χ0n) is 18.0. The lowest BCUT2D eigenvalue weighted by Crippen LogP contribution is -2.31. The highest BCUT2D eigenvalue weighted by Crippen LogP contribution is 2.37. The van der Waals surface area contributed by atoms with Gasteiger partial charge in [0.2, 0.25) is 0 Å². The number of nitrogens with zero attached hydrogens (tertiary/aromatic N) is 7. The molecule has 1 aliphatic rings. The van der Waals surface area contributed by atoms with E-state index in [0.717, 1.165) is 5.39 Å². The number of hydrogen-bond donors (Lipinski definition) is 0. The van der Waals surface area contributed by atoms with E-state index in [4.69, 9.17) is 11.6 Å². The summed E-state index contributed by atoms with van der Waals surface area (Å²) in [7, 11) is 0. The molecule has 1 atom stereocenters. The summed E-state index contributed by atoms with van der Waals surface area (Å²) in [5.74, 6) is -0.0388. The number of rotatable bonds is 4. The fourth-order valence-corrected chi connectivity index (χ4v) is 3.51. The van der Waals surface area contributed by atoms with Crippen LogP contribution in [0.3, 0.4) is 0 Å². The summed E-state index contributed by atoms with van der Waals surface area (Å²) < 4.78 is 0. The Labute approximate surface area is 194 Å². The molecule has 0 spiro atoms. The van der Waals surface area contributed by atoms with E-state index in [-0.39, 0.29) is 29.7 Å². The number of fused-ring (bicyclic) bond motifs is 2. The van der Waals surface area contributed by atoms with E-state index < -0.39 is 6.04 Å². The highest BCUT2D eigenvalue weighted by molar-refractivity contribution is 6.29. The molecule has 5 heterocycles. The molecule has 166 valence electrons. The molecule has 4 aromatic rings. The molecule has 0 N–H and O–H groups in total. The van der Waals surface area contributed by atoms with E-state index in [1.165, 1.54) is 17.3 Å². The molecule has 0 fully saturated rings. The van der Waals surface area contributed by atoms with Crippen LogP contribution < -0.4 is 4.90 Å². The van der Waals surface area contributed by atoms with Crippen LogP contribution in [0.25, 0.3) is 11.0 Å². The number of hydrogen-bond acceptors (Lipinski definition) is 8.